The zero-order chi connectivity index (χ0) is 15.2. The van der Waals surface area contributed by atoms with Gasteiger partial charge in [-0.25, -0.2) is 0 Å². The molecular formula is C15H23ClN2O2. The first-order valence-corrected chi connectivity index (χ1v) is 7.03. The smallest absolute Gasteiger partial charge is 0.236 e. The van der Waals surface area contributed by atoms with Crippen molar-refractivity contribution in [2.75, 3.05) is 26.7 Å². The molecule has 1 aromatic rings. The zero-order valence-corrected chi connectivity index (χ0v) is 13.3. The van der Waals surface area contributed by atoms with Gasteiger partial charge in [-0.1, -0.05) is 11.6 Å². The van der Waals surface area contributed by atoms with Crippen molar-refractivity contribution < 1.29 is 9.53 Å². The van der Waals surface area contributed by atoms with Gasteiger partial charge in [0.2, 0.25) is 5.91 Å². The largest absolute Gasteiger partial charge is 0.492 e. The van der Waals surface area contributed by atoms with Gasteiger partial charge in [0.25, 0.3) is 0 Å². The maximum Gasteiger partial charge on any atom is 0.236 e. The average molecular weight is 299 g/mol. The number of rotatable bonds is 6. The van der Waals surface area contributed by atoms with Crippen molar-refractivity contribution in [3.63, 3.8) is 0 Å². The maximum absolute atomic E-state index is 11.9. The lowest BCUT2D eigenvalue weighted by Gasteiger charge is -2.23. The van der Waals surface area contributed by atoms with Crippen molar-refractivity contribution in [1.82, 2.24) is 10.2 Å². The quantitative estimate of drug-likeness (QED) is 0.877. The van der Waals surface area contributed by atoms with Crippen LogP contribution >= 0.6 is 11.6 Å². The Hall–Kier alpha value is -1.26. The lowest BCUT2D eigenvalue weighted by atomic mass is 10.1. The molecule has 0 aromatic heterocycles. The first-order valence-electron chi connectivity index (χ1n) is 6.65. The van der Waals surface area contributed by atoms with E-state index < -0.39 is 0 Å². The van der Waals surface area contributed by atoms with E-state index in [0.29, 0.717) is 24.7 Å². The van der Waals surface area contributed by atoms with Crippen LogP contribution in [0, 0.1) is 0 Å². The van der Waals surface area contributed by atoms with Crippen LogP contribution in [0.5, 0.6) is 5.75 Å². The van der Waals surface area contributed by atoms with Crippen LogP contribution in [0.1, 0.15) is 20.8 Å². The minimum atomic E-state index is -0.0592. The molecule has 4 nitrogen and oxygen atoms in total. The van der Waals surface area contributed by atoms with Gasteiger partial charge in [0, 0.05) is 17.6 Å². The molecule has 0 unspecified atom stereocenters. The van der Waals surface area contributed by atoms with Crippen molar-refractivity contribution in [3.8, 4) is 5.75 Å². The summed E-state index contributed by atoms with van der Waals surface area (Å²) in [4.78, 5) is 13.5. The third-order valence-corrected chi connectivity index (χ3v) is 2.96. The fourth-order valence-electron chi connectivity index (χ4n) is 1.43. The Morgan fingerprint density at radius 2 is 1.90 bits per heavy atom. The molecular weight excluding hydrogens is 276 g/mol. The lowest BCUT2D eigenvalue weighted by Crippen LogP contribution is -2.44. The molecule has 0 saturated heterocycles. The van der Waals surface area contributed by atoms with E-state index >= 15 is 0 Å². The van der Waals surface area contributed by atoms with Crippen molar-refractivity contribution in [2.24, 2.45) is 0 Å². The predicted molar refractivity (Wildman–Crippen MR) is 82.3 cm³/mol. The van der Waals surface area contributed by atoms with E-state index in [0.717, 1.165) is 5.75 Å². The number of likely N-dealkylation sites (N-methyl/N-ethyl adjacent to an activating group) is 1. The summed E-state index contributed by atoms with van der Waals surface area (Å²) in [5.41, 5.74) is -0.0592. The fourth-order valence-corrected chi connectivity index (χ4v) is 1.56. The molecule has 20 heavy (non-hydrogen) atoms. The average Bonchev–Trinajstić information content (AvgIpc) is 2.37. The van der Waals surface area contributed by atoms with Gasteiger partial charge in [0.05, 0.1) is 13.1 Å². The van der Waals surface area contributed by atoms with Gasteiger partial charge in [0.15, 0.2) is 0 Å². The Balaban J connectivity index is 2.27. The molecule has 1 amide bonds. The molecule has 0 aliphatic heterocycles. The number of carbonyl (C=O) groups is 1. The van der Waals surface area contributed by atoms with E-state index in [1.54, 1.807) is 24.1 Å². The number of nitrogens with zero attached hydrogens (tertiary/aromatic N) is 1. The van der Waals surface area contributed by atoms with Crippen LogP contribution in [0.2, 0.25) is 5.02 Å². The third kappa shape index (κ3) is 6.78. The number of halogens is 1. The molecule has 1 rings (SSSR count). The minimum Gasteiger partial charge on any atom is -0.492 e. The van der Waals surface area contributed by atoms with Gasteiger partial charge in [0.1, 0.15) is 12.4 Å². The van der Waals surface area contributed by atoms with Crippen LogP contribution in [-0.4, -0.2) is 43.1 Å². The summed E-state index contributed by atoms with van der Waals surface area (Å²) in [6.45, 7) is 7.44. The van der Waals surface area contributed by atoms with Crippen LogP contribution in [-0.2, 0) is 4.79 Å². The Kier molecular flexibility index (Phi) is 6.30. The van der Waals surface area contributed by atoms with E-state index in [1.807, 2.05) is 32.9 Å². The number of ether oxygens (including phenoxy) is 1. The lowest BCUT2D eigenvalue weighted by molar-refractivity contribution is -0.129. The Labute approximate surface area is 126 Å². The second-order valence-electron chi connectivity index (χ2n) is 5.72. The molecule has 0 aliphatic rings. The summed E-state index contributed by atoms with van der Waals surface area (Å²) < 4.78 is 5.55. The molecule has 0 fully saturated rings. The van der Waals surface area contributed by atoms with E-state index in [-0.39, 0.29) is 11.4 Å². The normalized spacial score (nSPS) is 11.2. The monoisotopic (exact) mass is 298 g/mol. The van der Waals surface area contributed by atoms with Crippen molar-refractivity contribution >= 4 is 17.5 Å². The Bertz CT molecular complexity index is 426. The highest BCUT2D eigenvalue weighted by Gasteiger charge is 2.14. The number of hydrogen-bond donors (Lipinski definition) is 1. The SMILES string of the molecule is CN(CCOc1ccc(Cl)cc1)C(=O)CNC(C)(C)C. The number of amides is 1. The number of hydrogen-bond acceptors (Lipinski definition) is 3. The summed E-state index contributed by atoms with van der Waals surface area (Å²) in [5, 5.41) is 3.85. The minimum absolute atomic E-state index is 0.0552. The van der Waals surface area contributed by atoms with Crippen LogP contribution < -0.4 is 10.1 Å². The highest BCUT2D eigenvalue weighted by atomic mass is 35.5. The molecule has 0 radical (unpaired) electrons. The Morgan fingerprint density at radius 3 is 2.45 bits per heavy atom. The summed E-state index contributed by atoms with van der Waals surface area (Å²) in [6.07, 6.45) is 0. The van der Waals surface area contributed by atoms with E-state index in [2.05, 4.69) is 5.32 Å². The maximum atomic E-state index is 11.9. The van der Waals surface area contributed by atoms with Gasteiger partial charge >= 0.3 is 0 Å². The molecule has 0 spiro atoms. The van der Waals surface area contributed by atoms with Crippen LogP contribution in [0.15, 0.2) is 24.3 Å². The molecule has 0 saturated carbocycles. The second-order valence-corrected chi connectivity index (χ2v) is 6.16. The van der Waals surface area contributed by atoms with Crippen molar-refractivity contribution in [3.05, 3.63) is 29.3 Å². The third-order valence-electron chi connectivity index (χ3n) is 2.70. The number of benzene rings is 1. The predicted octanol–water partition coefficient (Wildman–Crippen LogP) is 2.57. The number of carbonyl (C=O) groups excluding carboxylic acids is 1. The number of nitrogens with one attached hydrogen (secondary N) is 1. The summed E-state index contributed by atoms with van der Waals surface area (Å²) in [7, 11) is 1.78. The highest BCUT2D eigenvalue weighted by Crippen LogP contribution is 2.15. The van der Waals surface area contributed by atoms with E-state index in [4.69, 9.17) is 16.3 Å². The van der Waals surface area contributed by atoms with E-state index in [1.165, 1.54) is 0 Å². The standard InChI is InChI=1S/C15H23ClN2O2/c1-15(2,3)17-11-14(19)18(4)9-10-20-13-7-5-12(16)6-8-13/h5-8,17H,9-11H2,1-4H3. The molecule has 1 N–H and O–H groups in total. The fraction of sp³-hybridized carbons (Fsp3) is 0.533. The van der Waals surface area contributed by atoms with Gasteiger partial charge < -0.3 is 15.0 Å². The van der Waals surface area contributed by atoms with Gasteiger partial charge in [-0.15, -0.1) is 0 Å². The molecule has 1 aromatic carbocycles. The molecule has 0 aliphatic carbocycles. The van der Waals surface area contributed by atoms with Gasteiger partial charge in [-0.05, 0) is 45.0 Å². The first-order chi connectivity index (χ1) is 9.28. The second kappa shape index (κ2) is 7.50. The van der Waals surface area contributed by atoms with Crippen LogP contribution in [0.25, 0.3) is 0 Å². The first kappa shape index (κ1) is 16.8. The van der Waals surface area contributed by atoms with Crippen LogP contribution in [0.3, 0.4) is 0 Å². The molecule has 0 bridgehead atoms. The van der Waals surface area contributed by atoms with Gasteiger partial charge in [-0.2, -0.15) is 0 Å². The topological polar surface area (TPSA) is 41.6 Å². The highest BCUT2D eigenvalue weighted by molar-refractivity contribution is 6.30. The Morgan fingerprint density at radius 1 is 1.30 bits per heavy atom. The molecule has 112 valence electrons. The molecule has 5 heteroatoms. The van der Waals surface area contributed by atoms with Crippen LogP contribution in [0.4, 0.5) is 0 Å². The zero-order valence-electron chi connectivity index (χ0n) is 12.6. The van der Waals surface area contributed by atoms with Gasteiger partial charge in [-0.3, -0.25) is 4.79 Å². The van der Waals surface area contributed by atoms with Crippen molar-refractivity contribution in [1.29, 1.82) is 0 Å². The summed E-state index contributed by atoms with van der Waals surface area (Å²) >= 11 is 5.79. The van der Waals surface area contributed by atoms with E-state index in [9.17, 15) is 4.79 Å². The molecule has 0 atom stereocenters. The summed E-state index contributed by atoms with van der Waals surface area (Å²) in [5.74, 6) is 0.808. The summed E-state index contributed by atoms with van der Waals surface area (Å²) in [6, 6.07) is 7.18. The van der Waals surface area contributed by atoms with Crippen molar-refractivity contribution in [2.45, 2.75) is 26.3 Å². The molecule has 0 heterocycles.